The molecule has 2 unspecified atom stereocenters. The van der Waals surface area contributed by atoms with Crippen LogP contribution in [0.4, 0.5) is 4.39 Å². The molecule has 0 fully saturated rings. The summed E-state index contributed by atoms with van der Waals surface area (Å²) in [4.78, 5) is 0. The summed E-state index contributed by atoms with van der Waals surface area (Å²) in [6.07, 6.45) is 0. The molecule has 0 aliphatic heterocycles. The number of hydrogen-bond donors (Lipinski definition) is 1. The van der Waals surface area contributed by atoms with Crippen LogP contribution in [-0.4, -0.2) is 6.04 Å². The number of rotatable bonds is 3. The van der Waals surface area contributed by atoms with Crippen molar-refractivity contribution >= 4 is 0 Å². The van der Waals surface area contributed by atoms with E-state index >= 15 is 0 Å². The normalized spacial score (nSPS) is 15.6. The maximum absolute atomic E-state index is 13.4. The minimum absolute atomic E-state index is 0.00639. The van der Waals surface area contributed by atoms with E-state index in [0.717, 1.165) is 0 Å². The van der Waals surface area contributed by atoms with E-state index in [4.69, 9.17) is 5.73 Å². The van der Waals surface area contributed by atoms with Gasteiger partial charge in [-0.2, -0.15) is 0 Å². The summed E-state index contributed by atoms with van der Waals surface area (Å²) in [7, 11) is 0. The van der Waals surface area contributed by atoms with Gasteiger partial charge in [0.15, 0.2) is 0 Å². The van der Waals surface area contributed by atoms with E-state index in [2.05, 4.69) is 13.8 Å². The maximum atomic E-state index is 13.4. The first kappa shape index (κ1) is 11.2. The lowest BCUT2D eigenvalue weighted by Gasteiger charge is -2.23. The first-order valence-electron chi connectivity index (χ1n) is 5.04. The van der Waals surface area contributed by atoms with E-state index in [-0.39, 0.29) is 17.8 Å². The molecule has 0 aliphatic rings. The molecule has 0 spiro atoms. The molecule has 78 valence electrons. The van der Waals surface area contributed by atoms with Crippen molar-refractivity contribution in [3.8, 4) is 0 Å². The van der Waals surface area contributed by atoms with Crippen LogP contribution in [0.5, 0.6) is 0 Å². The van der Waals surface area contributed by atoms with Crippen molar-refractivity contribution < 1.29 is 4.39 Å². The van der Waals surface area contributed by atoms with Crippen molar-refractivity contribution in [3.05, 3.63) is 35.6 Å². The lowest BCUT2D eigenvalue weighted by molar-refractivity contribution is 0.424. The highest BCUT2D eigenvalue weighted by molar-refractivity contribution is 5.22. The van der Waals surface area contributed by atoms with Crippen molar-refractivity contribution in [2.24, 2.45) is 11.7 Å². The Kier molecular flexibility index (Phi) is 3.64. The smallest absolute Gasteiger partial charge is 0.126 e. The lowest BCUT2D eigenvalue weighted by atomic mass is 9.87. The second-order valence-electron chi connectivity index (χ2n) is 4.13. The SMILES string of the molecule is CC(C)C(N)C(C)c1ccccc1F. The van der Waals surface area contributed by atoms with Gasteiger partial charge < -0.3 is 5.73 Å². The van der Waals surface area contributed by atoms with Gasteiger partial charge >= 0.3 is 0 Å². The third-order valence-corrected chi connectivity index (χ3v) is 2.74. The second kappa shape index (κ2) is 4.56. The summed E-state index contributed by atoms with van der Waals surface area (Å²) in [5, 5.41) is 0. The Labute approximate surface area is 85.1 Å². The molecule has 2 heteroatoms. The maximum Gasteiger partial charge on any atom is 0.126 e. The fraction of sp³-hybridized carbons (Fsp3) is 0.500. The molecule has 1 aromatic carbocycles. The molecule has 0 saturated carbocycles. The topological polar surface area (TPSA) is 26.0 Å². The predicted molar refractivity (Wildman–Crippen MR) is 57.6 cm³/mol. The van der Waals surface area contributed by atoms with Gasteiger partial charge in [-0.1, -0.05) is 39.0 Å². The summed E-state index contributed by atoms with van der Waals surface area (Å²) in [5.41, 5.74) is 6.71. The molecule has 0 bridgehead atoms. The van der Waals surface area contributed by atoms with Gasteiger partial charge in [-0.25, -0.2) is 4.39 Å². The lowest BCUT2D eigenvalue weighted by Crippen LogP contribution is -2.32. The third kappa shape index (κ3) is 2.32. The molecule has 14 heavy (non-hydrogen) atoms. The Bertz CT molecular complexity index is 296. The van der Waals surface area contributed by atoms with Gasteiger partial charge in [0.25, 0.3) is 0 Å². The average molecular weight is 195 g/mol. The molecule has 2 atom stereocenters. The van der Waals surface area contributed by atoms with Gasteiger partial charge in [0, 0.05) is 6.04 Å². The Balaban J connectivity index is 2.89. The summed E-state index contributed by atoms with van der Waals surface area (Å²) < 4.78 is 13.4. The van der Waals surface area contributed by atoms with Crippen LogP contribution in [0.25, 0.3) is 0 Å². The summed E-state index contributed by atoms with van der Waals surface area (Å²) in [6.45, 7) is 6.09. The van der Waals surface area contributed by atoms with E-state index < -0.39 is 0 Å². The minimum atomic E-state index is -0.156. The number of benzene rings is 1. The van der Waals surface area contributed by atoms with Gasteiger partial charge in [0.1, 0.15) is 5.82 Å². The van der Waals surface area contributed by atoms with Crippen molar-refractivity contribution in [1.29, 1.82) is 0 Å². The summed E-state index contributed by atoms with van der Waals surface area (Å²) in [5.74, 6) is 0.275. The molecule has 1 rings (SSSR count). The van der Waals surface area contributed by atoms with Gasteiger partial charge in [0.2, 0.25) is 0 Å². The standard InChI is InChI=1S/C12H18FN/c1-8(2)12(14)9(3)10-6-4-5-7-11(10)13/h4-9,12H,14H2,1-3H3. The van der Waals surface area contributed by atoms with Crippen LogP contribution in [0.1, 0.15) is 32.3 Å². The van der Waals surface area contributed by atoms with E-state index in [1.54, 1.807) is 6.07 Å². The first-order chi connectivity index (χ1) is 6.54. The Hall–Kier alpha value is -0.890. The fourth-order valence-corrected chi connectivity index (χ4v) is 1.63. The van der Waals surface area contributed by atoms with E-state index in [1.807, 2.05) is 19.1 Å². The highest BCUT2D eigenvalue weighted by Crippen LogP contribution is 2.24. The molecule has 1 aromatic rings. The van der Waals surface area contributed by atoms with Gasteiger partial charge in [-0.3, -0.25) is 0 Å². The van der Waals surface area contributed by atoms with Crippen molar-refractivity contribution in [1.82, 2.24) is 0 Å². The van der Waals surface area contributed by atoms with Crippen LogP contribution in [0.3, 0.4) is 0 Å². The Morgan fingerprint density at radius 1 is 1.14 bits per heavy atom. The highest BCUT2D eigenvalue weighted by atomic mass is 19.1. The molecular formula is C12H18FN. The fourth-order valence-electron chi connectivity index (χ4n) is 1.63. The Morgan fingerprint density at radius 2 is 1.71 bits per heavy atom. The number of halogens is 1. The van der Waals surface area contributed by atoms with Crippen LogP contribution in [0, 0.1) is 11.7 Å². The van der Waals surface area contributed by atoms with Gasteiger partial charge in [0.05, 0.1) is 0 Å². The van der Waals surface area contributed by atoms with Crippen LogP contribution < -0.4 is 5.73 Å². The summed E-state index contributed by atoms with van der Waals surface area (Å²) in [6, 6.07) is 6.85. The number of nitrogens with two attached hydrogens (primary N) is 1. The highest BCUT2D eigenvalue weighted by Gasteiger charge is 2.20. The van der Waals surface area contributed by atoms with E-state index in [1.165, 1.54) is 6.07 Å². The van der Waals surface area contributed by atoms with E-state index in [0.29, 0.717) is 11.5 Å². The molecule has 0 aromatic heterocycles. The van der Waals surface area contributed by atoms with Crippen molar-refractivity contribution in [2.75, 3.05) is 0 Å². The zero-order valence-electron chi connectivity index (χ0n) is 9.00. The quantitative estimate of drug-likeness (QED) is 0.788. The van der Waals surface area contributed by atoms with Crippen molar-refractivity contribution in [2.45, 2.75) is 32.7 Å². The molecule has 0 amide bonds. The molecule has 0 heterocycles. The average Bonchev–Trinajstić information content (AvgIpc) is 2.16. The zero-order chi connectivity index (χ0) is 10.7. The minimum Gasteiger partial charge on any atom is -0.327 e. The molecular weight excluding hydrogens is 177 g/mol. The molecule has 1 nitrogen and oxygen atoms in total. The third-order valence-electron chi connectivity index (χ3n) is 2.74. The second-order valence-corrected chi connectivity index (χ2v) is 4.13. The molecule has 2 N–H and O–H groups in total. The predicted octanol–water partition coefficient (Wildman–Crippen LogP) is 2.91. The largest absolute Gasteiger partial charge is 0.327 e. The monoisotopic (exact) mass is 195 g/mol. The van der Waals surface area contributed by atoms with Crippen LogP contribution in [0.15, 0.2) is 24.3 Å². The van der Waals surface area contributed by atoms with Gasteiger partial charge in [-0.05, 0) is 23.5 Å². The molecule has 0 radical (unpaired) electrons. The molecule has 0 saturated heterocycles. The van der Waals surface area contributed by atoms with Crippen LogP contribution in [0.2, 0.25) is 0 Å². The van der Waals surface area contributed by atoms with Crippen LogP contribution in [-0.2, 0) is 0 Å². The Morgan fingerprint density at radius 3 is 2.21 bits per heavy atom. The van der Waals surface area contributed by atoms with Gasteiger partial charge in [-0.15, -0.1) is 0 Å². The zero-order valence-corrected chi connectivity index (χ0v) is 9.00. The first-order valence-corrected chi connectivity index (χ1v) is 5.04. The van der Waals surface area contributed by atoms with Crippen LogP contribution >= 0.6 is 0 Å². The summed E-state index contributed by atoms with van der Waals surface area (Å²) >= 11 is 0. The van der Waals surface area contributed by atoms with Crippen molar-refractivity contribution in [3.63, 3.8) is 0 Å². The van der Waals surface area contributed by atoms with E-state index in [9.17, 15) is 4.39 Å². The molecule has 0 aliphatic carbocycles. The number of hydrogen-bond acceptors (Lipinski definition) is 1.